The summed E-state index contributed by atoms with van der Waals surface area (Å²) in [6.07, 6.45) is -1.54. The normalized spacial score (nSPS) is 22.5. The number of hydrogen-bond acceptors (Lipinski definition) is 3. The van der Waals surface area contributed by atoms with Gasteiger partial charge in [0.05, 0.1) is 6.04 Å². The van der Waals surface area contributed by atoms with Crippen LogP contribution in [0.3, 0.4) is 0 Å². The molecule has 148 valence electrons. The van der Waals surface area contributed by atoms with Crippen LogP contribution in [0.2, 0.25) is 0 Å². The maximum absolute atomic E-state index is 14.4. The Labute approximate surface area is 154 Å². The topological polar surface area (TPSA) is 38.8 Å². The Morgan fingerprint density at radius 1 is 1.19 bits per heavy atom. The van der Waals surface area contributed by atoms with E-state index in [4.69, 9.17) is 4.74 Å². The number of carbonyl (C=O) groups excluding carboxylic acids is 1. The first kappa shape index (κ1) is 19.5. The number of alkyl halides is 3. The second kappa shape index (κ2) is 6.73. The predicted molar refractivity (Wildman–Crippen MR) is 90.6 cm³/mol. The zero-order valence-corrected chi connectivity index (χ0v) is 15.3. The molecule has 2 unspecified atom stereocenters. The molecule has 1 amide bonds. The van der Waals surface area contributed by atoms with Gasteiger partial charge in [-0.3, -0.25) is 4.90 Å². The summed E-state index contributed by atoms with van der Waals surface area (Å²) >= 11 is 0. The number of carbonyl (C=O) groups is 1. The first-order valence-corrected chi connectivity index (χ1v) is 8.70. The lowest BCUT2D eigenvalue weighted by molar-refractivity contribution is -0.274. The van der Waals surface area contributed by atoms with Gasteiger partial charge in [0.25, 0.3) is 0 Å². The number of rotatable bonds is 2. The van der Waals surface area contributed by atoms with Crippen LogP contribution in [0.15, 0.2) is 24.3 Å². The van der Waals surface area contributed by atoms with Gasteiger partial charge in [-0.2, -0.15) is 0 Å². The molecule has 1 aromatic rings. The van der Waals surface area contributed by atoms with Crippen molar-refractivity contribution < 1.29 is 31.8 Å². The van der Waals surface area contributed by atoms with Crippen LogP contribution in [0, 0.1) is 5.82 Å². The Balaban J connectivity index is 1.80. The van der Waals surface area contributed by atoms with Gasteiger partial charge in [-0.15, -0.1) is 13.2 Å². The maximum atomic E-state index is 14.4. The zero-order chi connectivity index (χ0) is 20.0. The molecule has 0 radical (unpaired) electrons. The van der Waals surface area contributed by atoms with Crippen LogP contribution in [-0.4, -0.2) is 35.0 Å². The van der Waals surface area contributed by atoms with Crippen molar-refractivity contribution in [3.05, 3.63) is 35.7 Å². The van der Waals surface area contributed by atoms with E-state index in [1.165, 1.54) is 6.07 Å². The highest BCUT2D eigenvalue weighted by Gasteiger charge is 2.42. The monoisotopic (exact) mass is 387 g/mol. The molecule has 1 fully saturated rings. The van der Waals surface area contributed by atoms with Gasteiger partial charge < -0.3 is 9.47 Å². The van der Waals surface area contributed by atoms with Gasteiger partial charge in [-0.25, -0.2) is 9.18 Å². The molecule has 3 rings (SSSR count). The molecule has 2 aliphatic rings. The van der Waals surface area contributed by atoms with Crippen molar-refractivity contribution in [3.63, 3.8) is 0 Å². The van der Waals surface area contributed by atoms with Gasteiger partial charge in [0.2, 0.25) is 0 Å². The summed E-state index contributed by atoms with van der Waals surface area (Å²) in [5.41, 5.74) is 0.296. The number of nitrogens with zero attached hydrogens (tertiary/aromatic N) is 1. The van der Waals surface area contributed by atoms with E-state index in [0.29, 0.717) is 12.0 Å². The quantitative estimate of drug-likeness (QED) is 0.648. The van der Waals surface area contributed by atoms with Crippen LogP contribution in [0.4, 0.5) is 22.4 Å². The van der Waals surface area contributed by atoms with E-state index < -0.39 is 29.6 Å². The number of halogens is 4. The SMILES string of the molecule is CC(C)(C)OC(=O)N1C2C=C(c3ccc(OC(F)(F)F)cc3F)CC1CC2. The minimum absolute atomic E-state index is 0.115. The van der Waals surface area contributed by atoms with Crippen molar-refractivity contribution in [2.75, 3.05) is 0 Å². The lowest BCUT2D eigenvalue weighted by Gasteiger charge is -2.35. The van der Waals surface area contributed by atoms with E-state index in [1.54, 1.807) is 31.7 Å². The Kier molecular flexibility index (Phi) is 4.86. The van der Waals surface area contributed by atoms with Crippen molar-refractivity contribution in [2.45, 2.75) is 64.1 Å². The summed E-state index contributed by atoms with van der Waals surface area (Å²) < 4.78 is 60.4. The third-order valence-electron chi connectivity index (χ3n) is 4.52. The fourth-order valence-corrected chi connectivity index (χ4v) is 3.58. The number of benzene rings is 1. The van der Waals surface area contributed by atoms with Crippen molar-refractivity contribution in [1.29, 1.82) is 0 Å². The summed E-state index contributed by atoms with van der Waals surface area (Å²) in [5.74, 6) is -1.38. The Morgan fingerprint density at radius 3 is 2.44 bits per heavy atom. The van der Waals surface area contributed by atoms with E-state index in [-0.39, 0.29) is 17.6 Å². The zero-order valence-electron chi connectivity index (χ0n) is 15.3. The van der Waals surface area contributed by atoms with Crippen molar-refractivity contribution in [1.82, 2.24) is 4.90 Å². The molecule has 8 heteroatoms. The van der Waals surface area contributed by atoms with Gasteiger partial charge in [0.15, 0.2) is 0 Å². The summed E-state index contributed by atoms with van der Waals surface area (Å²) in [4.78, 5) is 14.1. The van der Waals surface area contributed by atoms with Crippen LogP contribution in [-0.2, 0) is 4.74 Å². The number of ether oxygens (including phenoxy) is 2. The summed E-state index contributed by atoms with van der Waals surface area (Å²) in [5, 5.41) is 0. The Morgan fingerprint density at radius 2 is 1.89 bits per heavy atom. The van der Waals surface area contributed by atoms with Crippen molar-refractivity contribution >= 4 is 11.7 Å². The van der Waals surface area contributed by atoms with Gasteiger partial charge in [0.1, 0.15) is 17.2 Å². The average molecular weight is 387 g/mol. The van der Waals surface area contributed by atoms with E-state index in [1.807, 2.05) is 0 Å². The van der Waals surface area contributed by atoms with Crippen molar-refractivity contribution in [2.24, 2.45) is 0 Å². The predicted octanol–water partition coefficient (Wildman–Crippen LogP) is 5.28. The molecule has 0 spiro atoms. The molecule has 2 atom stereocenters. The fraction of sp³-hybridized carbons (Fsp3) is 0.526. The summed E-state index contributed by atoms with van der Waals surface area (Å²) in [7, 11) is 0. The lowest BCUT2D eigenvalue weighted by Crippen LogP contribution is -2.45. The van der Waals surface area contributed by atoms with Gasteiger partial charge in [0, 0.05) is 17.7 Å². The number of hydrogen-bond donors (Lipinski definition) is 0. The van der Waals surface area contributed by atoms with Crippen LogP contribution in [0.1, 0.15) is 45.6 Å². The van der Waals surface area contributed by atoms with Crippen LogP contribution in [0.5, 0.6) is 5.75 Å². The maximum Gasteiger partial charge on any atom is 0.573 e. The smallest absolute Gasteiger partial charge is 0.444 e. The molecular weight excluding hydrogens is 366 g/mol. The minimum Gasteiger partial charge on any atom is -0.444 e. The molecule has 4 nitrogen and oxygen atoms in total. The van der Waals surface area contributed by atoms with E-state index in [9.17, 15) is 22.4 Å². The van der Waals surface area contributed by atoms with Gasteiger partial charge in [-0.1, -0.05) is 6.08 Å². The Hall–Kier alpha value is -2.25. The third kappa shape index (κ3) is 4.54. The standard InChI is InChI=1S/C19H21F4NO3/c1-18(2,3)27-17(25)24-12-4-5-13(24)9-11(8-12)15-7-6-14(10-16(15)20)26-19(21,22)23/h6-8,10,12-13H,4-5,9H2,1-3H3. The van der Waals surface area contributed by atoms with Gasteiger partial charge in [-0.05, 0) is 57.7 Å². The van der Waals surface area contributed by atoms with Crippen molar-refractivity contribution in [3.8, 4) is 5.75 Å². The van der Waals surface area contributed by atoms with Gasteiger partial charge >= 0.3 is 12.5 Å². The van der Waals surface area contributed by atoms with E-state index >= 15 is 0 Å². The molecule has 27 heavy (non-hydrogen) atoms. The summed E-state index contributed by atoms with van der Waals surface area (Å²) in [6, 6.07) is 2.78. The summed E-state index contributed by atoms with van der Waals surface area (Å²) in [6.45, 7) is 5.37. The molecule has 2 aliphatic heterocycles. The fourth-order valence-electron chi connectivity index (χ4n) is 3.58. The molecule has 0 saturated carbocycles. The first-order valence-electron chi connectivity index (χ1n) is 8.70. The number of fused-ring (bicyclic) bond motifs is 2. The van der Waals surface area contributed by atoms with Crippen LogP contribution < -0.4 is 4.74 Å². The van der Waals surface area contributed by atoms with E-state index in [0.717, 1.165) is 25.0 Å². The lowest BCUT2D eigenvalue weighted by atomic mass is 9.94. The van der Waals surface area contributed by atoms with Crippen LogP contribution in [0.25, 0.3) is 5.57 Å². The molecule has 0 aliphatic carbocycles. The second-order valence-electron chi connectivity index (χ2n) is 7.77. The molecule has 1 saturated heterocycles. The van der Waals surface area contributed by atoms with Crippen LogP contribution >= 0.6 is 0 Å². The molecule has 0 N–H and O–H groups in total. The Bertz CT molecular complexity index is 767. The molecule has 0 aromatic heterocycles. The highest BCUT2D eigenvalue weighted by Crippen LogP contribution is 2.40. The third-order valence-corrected chi connectivity index (χ3v) is 4.52. The minimum atomic E-state index is -4.87. The number of amides is 1. The molecular formula is C19H21F4NO3. The largest absolute Gasteiger partial charge is 0.573 e. The highest BCUT2D eigenvalue weighted by molar-refractivity contribution is 5.75. The second-order valence-corrected chi connectivity index (χ2v) is 7.77. The highest BCUT2D eigenvalue weighted by atomic mass is 19.4. The molecule has 2 bridgehead atoms. The first-order chi connectivity index (χ1) is 12.4. The molecule has 2 heterocycles. The average Bonchev–Trinajstić information content (AvgIpc) is 2.75. The molecule has 1 aromatic carbocycles. The van der Waals surface area contributed by atoms with E-state index in [2.05, 4.69) is 4.74 Å².